The van der Waals surface area contributed by atoms with Crippen molar-refractivity contribution in [3.05, 3.63) is 69.1 Å². The third-order valence-corrected chi connectivity index (χ3v) is 6.20. The number of para-hydroxylation sites is 1. The number of carbonyl (C=O) groups excluding carboxylic acids is 2. The molecule has 9 heteroatoms. The van der Waals surface area contributed by atoms with E-state index in [1.54, 1.807) is 29.2 Å². The maximum absolute atomic E-state index is 12.8. The molecule has 7 nitrogen and oxygen atoms in total. The highest BCUT2D eigenvalue weighted by Crippen LogP contribution is 2.34. The lowest BCUT2D eigenvalue weighted by atomic mass is 10.2. The molecule has 4 rings (SSSR count). The van der Waals surface area contributed by atoms with Gasteiger partial charge >= 0.3 is 6.03 Å². The number of nitrogens with zero attached hydrogens (tertiary/aromatic N) is 3. The SMILES string of the molecule is Cc1ccccc1NC(=O)N1CCC[C@@H]1c1nnc(C(=O)Nc2ccc(Cl)cc2)s1. The van der Waals surface area contributed by atoms with Crippen LogP contribution in [0.1, 0.15) is 39.3 Å². The number of aryl methyl sites for hydroxylation is 1. The molecule has 1 fully saturated rings. The van der Waals surface area contributed by atoms with Crippen LogP contribution in [0.2, 0.25) is 5.02 Å². The summed E-state index contributed by atoms with van der Waals surface area (Å²) in [5.41, 5.74) is 2.41. The Bertz CT molecular complexity index is 1070. The lowest BCUT2D eigenvalue weighted by Crippen LogP contribution is -2.34. The van der Waals surface area contributed by atoms with E-state index in [0.717, 1.165) is 24.1 Å². The number of nitrogens with one attached hydrogen (secondary N) is 2. The summed E-state index contributed by atoms with van der Waals surface area (Å²) in [5.74, 6) is -0.338. The summed E-state index contributed by atoms with van der Waals surface area (Å²) in [6.45, 7) is 2.58. The Kier molecular flexibility index (Phi) is 5.96. The summed E-state index contributed by atoms with van der Waals surface area (Å²) >= 11 is 7.08. The Hall–Kier alpha value is -2.97. The third-order valence-electron chi connectivity index (χ3n) is 4.92. The molecule has 30 heavy (non-hydrogen) atoms. The van der Waals surface area contributed by atoms with Crippen LogP contribution in [0.15, 0.2) is 48.5 Å². The van der Waals surface area contributed by atoms with Crippen LogP contribution in [-0.4, -0.2) is 33.6 Å². The van der Waals surface area contributed by atoms with Crippen molar-refractivity contribution in [3.63, 3.8) is 0 Å². The van der Waals surface area contributed by atoms with Crippen LogP contribution in [0, 0.1) is 6.92 Å². The van der Waals surface area contributed by atoms with Crippen molar-refractivity contribution in [2.75, 3.05) is 17.2 Å². The molecule has 1 aliphatic heterocycles. The van der Waals surface area contributed by atoms with Crippen LogP contribution in [-0.2, 0) is 0 Å². The summed E-state index contributed by atoms with van der Waals surface area (Å²) in [4.78, 5) is 27.1. The maximum Gasteiger partial charge on any atom is 0.322 e. The number of hydrogen-bond donors (Lipinski definition) is 2. The van der Waals surface area contributed by atoms with E-state index in [9.17, 15) is 9.59 Å². The van der Waals surface area contributed by atoms with Crippen LogP contribution in [0.25, 0.3) is 0 Å². The molecule has 0 radical (unpaired) electrons. The Labute approximate surface area is 183 Å². The second-order valence-electron chi connectivity index (χ2n) is 7.00. The maximum atomic E-state index is 12.8. The summed E-state index contributed by atoms with van der Waals surface area (Å²) in [5, 5.41) is 15.5. The van der Waals surface area contributed by atoms with Crippen LogP contribution in [0.3, 0.4) is 0 Å². The minimum absolute atomic E-state index is 0.172. The van der Waals surface area contributed by atoms with E-state index in [1.807, 2.05) is 31.2 Å². The first-order chi connectivity index (χ1) is 14.5. The van der Waals surface area contributed by atoms with Crippen molar-refractivity contribution in [3.8, 4) is 0 Å². The Morgan fingerprint density at radius 2 is 1.87 bits per heavy atom. The average Bonchev–Trinajstić information content (AvgIpc) is 3.40. The number of hydrogen-bond acceptors (Lipinski definition) is 5. The van der Waals surface area contributed by atoms with Gasteiger partial charge in [0.15, 0.2) is 0 Å². The first-order valence-electron chi connectivity index (χ1n) is 9.55. The number of aromatic nitrogens is 2. The zero-order valence-corrected chi connectivity index (χ0v) is 17.8. The summed E-state index contributed by atoms with van der Waals surface area (Å²) in [6, 6.07) is 14.1. The molecule has 0 unspecified atom stereocenters. The van der Waals surface area contributed by atoms with E-state index in [1.165, 1.54) is 11.3 Å². The van der Waals surface area contributed by atoms with Gasteiger partial charge in [0.1, 0.15) is 5.01 Å². The molecule has 0 aliphatic carbocycles. The Balaban J connectivity index is 1.45. The van der Waals surface area contributed by atoms with Crippen molar-refractivity contribution in [1.82, 2.24) is 15.1 Å². The van der Waals surface area contributed by atoms with Gasteiger partial charge in [-0.1, -0.05) is 41.1 Å². The second-order valence-corrected chi connectivity index (χ2v) is 8.45. The van der Waals surface area contributed by atoms with Crippen LogP contribution in [0.5, 0.6) is 0 Å². The molecule has 0 spiro atoms. The first kappa shape index (κ1) is 20.3. The molecule has 0 saturated carbocycles. The molecule has 1 aromatic heterocycles. The van der Waals surface area contributed by atoms with Gasteiger partial charge < -0.3 is 15.5 Å². The molecule has 2 N–H and O–H groups in total. The first-order valence-corrected chi connectivity index (χ1v) is 10.7. The quantitative estimate of drug-likeness (QED) is 0.588. The molecule has 3 aromatic rings. The van der Waals surface area contributed by atoms with Crippen molar-refractivity contribution in [1.29, 1.82) is 0 Å². The molecule has 1 atom stereocenters. The highest BCUT2D eigenvalue weighted by molar-refractivity contribution is 7.13. The van der Waals surface area contributed by atoms with E-state index in [0.29, 0.717) is 22.3 Å². The normalized spacial score (nSPS) is 15.8. The Morgan fingerprint density at radius 3 is 2.63 bits per heavy atom. The number of likely N-dealkylation sites (tertiary alicyclic amines) is 1. The number of benzene rings is 2. The molecule has 1 aliphatic rings. The predicted molar refractivity (Wildman–Crippen MR) is 118 cm³/mol. The summed E-state index contributed by atoms with van der Waals surface area (Å²) in [6.07, 6.45) is 1.66. The van der Waals surface area contributed by atoms with Crippen LogP contribution in [0.4, 0.5) is 16.2 Å². The van der Waals surface area contributed by atoms with Crippen molar-refractivity contribution >= 4 is 46.3 Å². The number of halogens is 1. The molecule has 3 amide bonds. The zero-order chi connectivity index (χ0) is 21.1. The topological polar surface area (TPSA) is 87.2 Å². The number of amides is 3. The molecule has 154 valence electrons. The lowest BCUT2D eigenvalue weighted by Gasteiger charge is -2.23. The van der Waals surface area contributed by atoms with Gasteiger partial charge in [0, 0.05) is 22.9 Å². The number of urea groups is 1. The second kappa shape index (κ2) is 8.81. The molecule has 1 saturated heterocycles. The van der Waals surface area contributed by atoms with Crippen molar-refractivity contribution in [2.24, 2.45) is 0 Å². The number of rotatable bonds is 4. The molecule has 2 aromatic carbocycles. The van der Waals surface area contributed by atoms with Crippen molar-refractivity contribution in [2.45, 2.75) is 25.8 Å². The molecule has 2 heterocycles. The van der Waals surface area contributed by atoms with E-state index < -0.39 is 0 Å². The number of anilines is 2. The zero-order valence-electron chi connectivity index (χ0n) is 16.3. The van der Waals surface area contributed by atoms with Gasteiger partial charge in [-0.2, -0.15) is 0 Å². The molecule has 0 bridgehead atoms. The van der Waals surface area contributed by atoms with E-state index in [4.69, 9.17) is 11.6 Å². The monoisotopic (exact) mass is 441 g/mol. The van der Waals surface area contributed by atoms with Crippen molar-refractivity contribution < 1.29 is 9.59 Å². The van der Waals surface area contributed by atoms with Crippen LogP contribution >= 0.6 is 22.9 Å². The van der Waals surface area contributed by atoms with Gasteiger partial charge in [-0.15, -0.1) is 10.2 Å². The summed E-state index contributed by atoms with van der Waals surface area (Å²) in [7, 11) is 0. The fourth-order valence-corrected chi connectivity index (χ4v) is 4.36. The van der Waals surface area contributed by atoms with E-state index in [2.05, 4.69) is 20.8 Å². The molecular formula is C21H20ClN5O2S. The standard InChI is InChI=1S/C21H20ClN5O2S/c1-13-5-2-3-6-16(13)24-21(29)27-12-4-7-17(27)19-25-26-20(30-19)18(28)23-15-10-8-14(22)9-11-15/h2-3,5-6,8-11,17H,4,7,12H2,1H3,(H,23,28)(H,24,29)/t17-/m1/s1. The van der Waals surface area contributed by atoms with E-state index in [-0.39, 0.29) is 23.0 Å². The predicted octanol–water partition coefficient (Wildman–Crippen LogP) is 5.12. The lowest BCUT2D eigenvalue weighted by molar-refractivity contribution is 0.102. The smallest absolute Gasteiger partial charge is 0.320 e. The van der Waals surface area contributed by atoms with Gasteiger partial charge in [-0.05, 0) is 55.7 Å². The van der Waals surface area contributed by atoms with E-state index >= 15 is 0 Å². The van der Waals surface area contributed by atoms with Gasteiger partial charge in [0.25, 0.3) is 5.91 Å². The Morgan fingerprint density at radius 1 is 1.10 bits per heavy atom. The minimum atomic E-state index is -0.338. The van der Waals surface area contributed by atoms with Gasteiger partial charge in [0.05, 0.1) is 6.04 Å². The highest BCUT2D eigenvalue weighted by atomic mass is 35.5. The fourth-order valence-electron chi connectivity index (χ4n) is 3.35. The summed E-state index contributed by atoms with van der Waals surface area (Å²) < 4.78 is 0. The highest BCUT2D eigenvalue weighted by Gasteiger charge is 2.33. The van der Waals surface area contributed by atoms with Crippen LogP contribution < -0.4 is 10.6 Å². The van der Waals surface area contributed by atoms with Gasteiger partial charge in [0.2, 0.25) is 5.01 Å². The minimum Gasteiger partial charge on any atom is -0.320 e. The van der Waals surface area contributed by atoms with Gasteiger partial charge in [-0.25, -0.2) is 4.79 Å². The average molecular weight is 442 g/mol. The third kappa shape index (κ3) is 4.44. The van der Waals surface area contributed by atoms with Gasteiger partial charge in [-0.3, -0.25) is 4.79 Å². The molecular weight excluding hydrogens is 422 g/mol. The number of carbonyl (C=O) groups is 2. The fraction of sp³-hybridized carbons (Fsp3) is 0.238. The largest absolute Gasteiger partial charge is 0.322 e.